The molecule has 0 aliphatic heterocycles. The lowest BCUT2D eigenvalue weighted by Gasteiger charge is -2.08. The highest BCUT2D eigenvalue weighted by molar-refractivity contribution is 7.20. The number of aldehydes is 1. The number of hydrogen-bond donors (Lipinski definition) is 2. The van der Waals surface area contributed by atoms with Crippen LogP contribution in [0.2, 0.25) is 0 Å². The number of rotatable bonds is 4. The highest BCUT2D eigenvalue weighted by Crippen LogP contribution is 2.27. The smallest absolute Gasteiger partial charge is 0.323 e. The maximum atomic E-state index is 12.0. The molecule has 0 saturated carbocycles. The Morgan fingerprint density at radius 1 is 1.04 bits per heavy atom. The second-order valence-corrected chi connectivity index (χ2v) is 5.94. The molecule has 5 nitrogen and oxygen atoms in total. The lowest BCUT2D eigenvalue weighted by Crippen LogP contribution is -2.19. The third kappa shape index (κ3) is 3.49. The Labute approximate surface area is 136 Å². The van der Waals surface area contributed by atoms with Gasteiger partial charge in [0, 0.05) is 16.1 Å². The molecule has 0 fully saturated rings. The van der Waals surface area contributed by atoms with Crippen LogP contribution in [0.3, 0.4) is 0 Å². The molecule has 0 aliphatic rings. The second-order valence-electron chi connectivity index (χ2n) is 4.83. The van der Waals surface area contributed by atoms with Crippen molar-refractivity contribution in [3.8, 4) is 5.75 Å². The summed E-state index contributed by atoms with van der Waals surface area (Å²) in [5.74, 6) is 0.727. The van der Waals surface area contributed by atoms with Gasteiger partial charge in [0.15, 0.2) is 6.29 Å². The summed E-state index contributed by atoms with van der Waals surface area (Å²) in [5.41, 5.74) is 1.34. The molecule has 116 valence electrons. The van der Waals surface area contributed by atoms with Gasteiger partial charge in [-0.1, -0.05) is 6.07 Å². The number of anilines is 2. The number of nitrogens with one attached hydrogen (secondary N) is 2. The summed E-state index contributed by atoms with van der Waals surface area (Å²) < 4.78 is 6.02. The van der Waals surface area contributed by atoms with Crippen molar-refractivity contribution in [2.45, 2.75) is 0 Å². The van der Waals surface area contributed by atoms with Crippen LogP contribution < -0.4 is 15.4 Å². The van der Waals surface area contributed by atoms with Gasteiger partial charge in [-0.2, -0.15) is 0 Å². The Kier molecular flexibility index (Phi) is 4.25. The van der Waals surface area contributed by atoms with E-state index >= 15 is 0 Å². The summed E-state index contributed by atoms with van der Waals surface area (Å²) >= 11 is 1.39. The molecule has 0 bridgehead atoms. The van der Waals surface area contributed by atoms with Crippen LogP contribution in [0.25, 0.3) is 10.1 Å². The molecule has 6 heteroatoms. The average Bonchev–Trinajstić information content (AvgIpc) is 2.98. The number of amides is 2. The second kappa shape index (κ2) is 6.50. The van der Waals surface area contributed by atoms with Crippen LogP contribution in [0, 0.1) is 0 Å². The number of fused-ring (bicyclic) bond motifs is 1. The number of hydrogen-bond acceptors (Lipinski definition) is 4. The molecule has 0 aliphatic carbocycles. The monoisotopic (exact) mass is 326 g/mol. The van der Waals surface area contributed by atoms with E-state index in [1.165, 1.54) is 11.3 Å². The Morgan fingerprint density at radius 3 is 2.43 bits per heavy atom. The lowest BCUT2D eigenvalue weighted by atomic mass is 10.2. The van der Waals surface area contributed by atoms with E-state index in [2.05, 4.69) is 10.6 Å². The first-order valence-electron chi connectivity index (χ1n) is 6.89. The molecule has 0 spiro atoms. The van der Waals surface area contributed by atoms with Gasteiger partial charge in [-0.25, -0.2) is 4.79 Å². The zero-order valence-corrected chi connectivity index (χ0v) is 13.1. The van der Waals surface area contributed by atoms with Crippen LogP contribution in [0.5, 0.6) is 5.75 Å². The normalized spacial score (nSPS) is 10.3. The molecule has 3 aromatic rings. The van der Waals surface area contributed by atoms with Gasteiger partial charge in [-0.05, 0) is 47.9 Å². The molecule has 2 amide bonds. The van der Waals surface area contributed by atoms with Crippen molar-refractivity contribution in [3.63, 3.8) is 0 Å². The molecule has 2 aromatic carbocycles. The molecule has 0 saturated heterocycles. The van der Waals surface area contributed by atoms with Crippen LogP contribution in [-0.2, 0) is 0 Å². The summed E-state index contributed by atoms with van der Waals surface area (Å²) in [6.07, 6.45) is 0.828. The van der Waals surface area contributed by atoms with Crippen molar-refractivity contribution in [2.75, 3.05) is 17.7 Å². The van der Waals surface area contributed by atoms with Crippen LogP contribution in [0.1, 0.15) is 9.67 Å². The Morgan fingerprint density at radius 2 is 1.74 bits per heavy atom. The largest absolute Gasteiger partial charge is 0.497 e. The quantitative estimate of drug-likeness (QED) is 0.700. The zero-order chi connectivity index (χ0) is 16.2. The minimum absolute atomic E-state index is 0.332. The Balaban J connectivity index is 1.70. The third-order valence-electron chi connectivity index (χ3n) is 3.26. The van der Waals surface area contributed by atoms with Gasteiger partial charge in [0.2, 0.25) is 0 Å². The first kappa shape index (κ1) is 15.1. The standard InChI is InChI=1S/C17H14N2O3S/c1-22-14-6-4-12(5-7-14)18-17(21)19-13-3-2-11-8-15(10-20)23-16(11)9-13/h2-10H,1H3,(H2,18,19,21). The fourth-order valence-corrected chi connectivity index (χ4v) is 3.07. The summed E-state index contributed by atoms with van der Waals surface area (Å²) in [7, 11) is 1.59. The van der Waals surface area contributed by atoms with Crippen molar-refractivity contribution >= 4 is 45.1 Å². The maximum Gasteiger partial charge on any atom is 0.323 e. The van der Waals surface area contributed by atoms with E-state index in [4.69, 9.17) is 4.74 Å². The van der Waals surface area contributed by atoms with E-state index in [9.17, 15) is 9.59 Å². The average molecular weight is 326 g/mol. The fraction of sp³-hybridized carbons (Fsp3) is 0.0588. The number of thiophene rings is 1. The summed E-state index contributed by atoms with van der Waals surface area (Å²) in [4.78, 5) is 23.5. The minimum atomic E-state index is -0.332. The van der Waals surface area contributed by atoms with Crippen molar-refractivity contribution in [2.24, 2.45) is 0 Å². The number of urea groups is 1. The van der Waals surface area contributed by atoms with Gasteiger partial charge < -0.3 is 15.4 Å². The molecular weight excluding hydrogens is 312 g/mol. The molecule has 0 atom stereocenters. The maximum absolute atomic E-state index is 12.0. The Hall–Kier alpha value is -2.86. The van der Waals surface area contributed by atoms with Crippen LogP contribution in [-0.4, -0.2) is 19.4 Å². The van der Waals surface area contributed by atoms with Crippen LogP contribution >= 0.6 is 11.3 Å². The lowest BCUT2D eigenvalue weighted by molar-refractivity contribution is 0.112. The molecule has 1 heterocycles. The fourth-order valence-electron chi connectivity index (χ4n) is 2.16. The first-order chi connectivity index (χ1) is 11.2. The van der Waals surface area contributed by atoms with Gasteiger partial charge in [0.05, 0.1) is 12.0 Å². The van der Waals surface area contributed by atoms with Crippen molar-refractivity contribution in [1.82, 2.24) is 0 Å². The molecule has 1 aromatic heterocycles. The van der Waals surface area contributed by atoms with Gasteiger partial charge in [0.1, 0.15) is 5.75 Å². The molecule has 0 radical (unpaired) electrons. The first-order valence-corrected chi connectivity index (χ1v) is 7.70. The van der Waals surface area contributed by atoms with E-state index in [0.29, 0.717) is 16.3 Å². The topological polar surface area (TPSA) is 67.4 Å². The summed E-state index contributed by atoms with van der Waals surface area (Å²) in [6, 6.07) is 14.1. The molecule has 23 heavy (non-hydrogen) atoms. The summed E-state index contributed by atoms with van der Waals surface area (Å²) in [6.45, 7) is 0. The summed E-state index contributed by atoms with van der Waals surface area (Å²) in [5, 5.41) is 6.51. The number of ether oxygens (including phenoxy) is 1. The number of carbonyl (C=O) groups excluding carboxylic acids is 2. The van der Waals surface area contributed by atoms with E-state index < -0.39 is 0 Å². The van der Waals surface area contributed by atoms with Crippen LogP contribution in [0.15, 0.2) is 48.5 Å². The number of carbonyl (C=O) groups is 2. The highest BCUT2D eigenvalue weighted by Gasteiger charge is 2.06. The third-order valence-corrected chi connectivity index (χ3v) is 4.28. The Bertz CT molecular complexity index is 856. The van der Waals surface area contributed by atoms with E-state index in [-0.39, 0.29) is 6.03 Å². The van der Waals surface area contributed by atoms with Crippen molar-refractivity contribution in [1.29, 1.82) is 0 Å². The minimum Gasteiger partial charge on any atom is -0.497 e. The molecule has 2 N–H and O–H groups in total. The van der Waals surface area contributed by atoms with Gasteiger partial charge in [0.25, 0.3) is 0 Å². The van der Waals surface area contributed by atoms with Gasteiger partial charge in [-0.3, -0.25) is 4.79 Å². The SMILES string of the molecule is COc1ccc(NC(=O)Nc2ccc3cc(C=O)sc3c2)cc1. The zero-order valence-electron chi connectivity index (χ0n) is 12.3. The van der Waals surface area contributed by atoms with E-state index in [1.807, 2.05) is 18.2 Å². The van der Waals surface area contributed by atoms with Crippen LogP contribution in [0.4, 0.5) is 16.2 Å². The van der Waals surface area contributed by atoms with Gasteiger partial charge in [-0.15, -0.1) is 11.3 Å². The van der Waals surface area contributed by atoms with Gasteiger partial charge >= 0.3 is 6.03 Å². The number of benzene rings is 2. The molecule has 3 rings (SSSR count). The highest BCUT2D eigenvalue weighted by atomic mass is 32.1. The predicted molar refractivity (Wildman–Crippen MR) is 92.8 cm³/mol. The van der Waals surface area contributed by atoms with Crippen molar-refractivity contribution in [3.05, 3.63) is 53.4 Å². The molecule has 0 unspecified atom stereocenters. The van der Waals surface area contributed by atoms with E-state index in [1.54, 1.807) is 37.4 Å². The number of methoxy groups -OCH3 is 1. The van der Waals surface area contributed by atoms with Crippen molar-refractivity contribution < 1.29 is 14.3 Å². The predicted octanol–water partition coefficient (Wildman–Crippen LogP) is 4.37. The molecular formula is C17H14N2O3S. The van der Waals surface area contributed by atoms with E-state index in [0.717, 1.165) is 22.1 Å².